The van der Waals surface area contributed by atoms with Gasteiger partial charge in [-0.3, -0.25) is 0 Å². The highest BCUT2D eigenvalue weighted by atomic mass is 15.0. The minimum absolute atomic E-state index is 0.612. The summed E-state index contributed by atoms with van der Waals surface area (Å²) in [5.41, 5.74) is 14.8. The van der Waals surface area contributed by atoms with E-state index in [9.17, 15) is 0 Å². The molecule has 1 heterocycles. The molecule has 0 unspecified atom stereocenters. The van der Waals surface area contributed by atoms with Gasteiger partial charge in [-0.2, -0.15) is 0 Å². The van der Waals surface area contributed by atoms with Crippen molar-refractivity contribution < 1.29 is 0 Å². The lowest BCUT2D eigenvalue weighted by Crippen LogP contribution is -2.04. The molecule has 0 aliphatic rings. The Morgan fingerprint density at radius 2 is 0.821 bits per heavy atom. The van der Waals surface area contributed by atoms with Crippen molar-refractivity contribution in [2.45, 2.75) is 6.92 Å². The lowest BCUT2D eigenvalue weighted by atomic mass is 10.0. The topological polar surface area (TPSA) is 29.6 Å². The Kier molecular flexibility index (Phi) is 9.32. The second kappa shape index (κ2) is 15.2. The molecule has 0 spiro atoms. The molecule has 266 valence electrons. The Labute approximate surface area is 327 Å². The van der Waals surface area contributed by atoms with Crippen LogP contribution in [0.1, 0.15) is 23.6 Å². The van der Waals surface area contributed by atoms with Crippen LogP contribution in [0.25, 0.3) is 66.6 Å². The van der Waals surface area contributed by atoms with Crippen LogP contribution in [-0.2, 0) is 0 Å². The van der Waals surface area contributed by atoms with Crippen molar-refractivity contribution in [3.8, 4) is 39.1 Å². The molecule has 0 aliphatic carbocycles. The average Bonchev–Trinajstić information content (AvgIpc) is 3.60. The van der Waals surface area contributed by atoms with E-state index in [1.807, 2.05) is 31.2 Å². The molecule has 0 atom stereocenters. The van der Waals surface area contributed by atoms with Gasteiger partial charge in [0.2, 0.25) is 0 Å². The Balaban J connectivity index is 1.17. The van der Waals surface area contributed by atoms with Crippen molar-refractivity contribution in [1.82, 2.24) is 4.57 Å². The quantitative estimate of drug-likeness (QED) is 0.111. The molecule has 0 aliphatic heterocycles. The van der Waals surface area contributed by atoms with E-state index in [1.54, 1.807) is 0 Å². The molecule has 56 heavy (non-hydrogen) atoms. The van der Waals surface area contributed by atoms with E-state index in [0.717, 1.165) is 44.7 Å². The molecule has 0 fully saturated rings. The molecule has 9 aromatic rings. The van der Waals surface area contributed by atoms with Gasteiger partial charge in [0.05, 0.1) is 16.7 Å². The molecule has 0 amide bonds. The zero-order valence-electron chi connectivity index (χ0n) is 31.2. The van der Waals surface area contributed by atoms with Crippen LogP contribution in [0.2, 0.25) is 0 Å². The summed E-state index contributed by atoms with van der Waals surface area (Å²) in [6, 6.07) is 72.4. The van der Waals surface area contributed by atoms with Gasteiger partial charge in [0.1, 0.15) is 0 Å². The zero-order chi connectivity index (χ0) is 37.8. The first-order valence-electron chi connectivity index (χ1n) is 18.9. The molecule has 3 heteroatoms. The highest BCUT2D eigenvalue weighted by molar-refractivity contribution is 6.14. The Hall–Kier alpha value is -7.36. The Morgan fingerprint density at radius 1 is 0.393 bits per heavy atom. The number of hydrogen-bond donors (Lipinski definition) is 0. The van der Waals surface area contributed by atoms with E-state index < -0.39 is 0 Å². The van der Waals surface area contributed by atoms with Gasteiger partial charge in [-0.25, -0.2) is 9.98 Å². The summed E-state index contributed by atoms with van der Waals surface area (Å²) in [5, 5.41) is 2.36. The number of aromatic nitrogens is 1. The summed E-state index contributed by atoms with van der Waals surface area (Å²) in [6.07, 6.45) is 0. The minimum Gasteiger partial charge on any atom is -0.309 e. The van der Waals surface area contributed by atoms with Gasteiger partial charge < -0.3 is 4.57 Å². The van der Waals surface area contributed by atoms with Crippen LogP contribution in [-0.4, -0.2) is 16.1 Å². The number of hydrogen-bond acceptors (Lipinski definition) is 1. The van der Waals surface area contributed by atoms with Gasteiger partial charge in [0.25, 0.3) is 0 Å². The summed E-state index contributed by atoms with van der Waals surface area (Å²) in [6.45, 7) is 6.56. The number of rotatable bonds is 8. The zero-order valence-corrected chi connectivity index (χ0v) is 31.2. The van der Waals surface area contributed by atoms with Crippen LogP contribution >= 0.6 is 0 Å². The maximum absolute atomic E-state index is 5.17. The summed E-state index contributed by atoms with van der Waals surface area (Å²) in [5.74, 6) is 0.612. The number of benzene rings is 8. The summed E-state index contributed by atoms with van der Waals surface area (Å²) in [7, 11) is 0. The third-order valence-corrected chi connectivity index (χ3v) is 10.4. The molecular formula is C53H39N3. The molecule has 9 rings (SSSR count). The number of nitrogens with zero attached hydrogens (tertiary/aromatic N) is 3. The normalized spacial score (nSPS) is 11.9. The van der Waals surface area contributed by atoms with E-state index in [0.29, 0.717) is 11.5 Å². The first-order valence-corrected chi connectivity index (χ1v) is 18.9. The van der Waals surface area contributed by atoms with Crippen molar-refractivity contribution in [2.24, 2.45) is 9.98 Å². The molecular weight excluding hydrogens is 679 g/mol. The van der Waals surface area contributed by atoms with Gasteiger partial charge in [-0.1, -0.05) is 189 Å². The number of amidine groups is 1. The van der Waals surface area contributed by atoms with Crippen LogP contribution < -0.4 is 0 Å². The molecule has 0 radical (unpaired) electrons. The smallest absolute Gasteiger partial charge is 0.160 e. The minimum atomic E-state index is 0.612. The van der Waals surface area contributed by atoms with E-state index in [1.165, 1.54) is 38.6 Å². The van der Waals surface area contributed by atoms with Crippen molar-refractivity contribution in [3.05, 3.63) is 230 Å². The van der Waals surface area contributed by atoms with E-state index in [-0.39, 0.29) is 0 Å². The van der Waals surface area contributed by atoms with Crippen LogP contribution in [0, 0.1) is 0 Å². The van der Waals surface area contributed by atoms with Gasteiger partial charge in [-0.15, -0.1) is 0 Å². The predicted molar refractivity (Wildman–Crippen MR) is 238 cm³/mol. The first-order chi connectivity index (χ1) is 27.6. The van der Waals surface area contributed by atoms with Crippen molar-refractivity contribution in [2.75, 3.05) is 0 Å². The molecule has 0 saturated heterocycles. The summed E-state index contributed by atoms with van der Waals surface area (Å²) in [4.78, 5) is 10.3. The highest BCUT2D eigenvalue weighted by Crippen LogP contribution is 2.37. The lowest BCUT2D eigenvalue weighted by Gasteiger charge is -2.12. The van der Waals surface area contributed by atoms with E-state index in [4.69, 9.17) is 9.98 Å². The summed E-state index contributed by atoms with van der Waals surface area (Å²) < 4.78 is 2.37. The predicted octanol–water partition coefficient (Wildman–Crippen LogP) is 13.7. The van der Waals surface area contributed by atoms with Gasteiger partial charge in [0, 0.05) is 33.3 Å². The second-order valence-electron chi connectivity index (χ2n) is 14.0. The molecule has 0 N–H and O–H groups in total. The van der Waals surface area contributed by atoms with Gasteiger partial charge in [0.15, 0.2) is 5.84 Å². The van der Waals surface area contributed by atoms with Crippen molar-refractivity contribution in [1.29, 1.82) is 0 Å². The summed E-state index contributed by atoms with van der Waals surface area (Å²) >= 11 is 0. The third kappa shape index (κ3) is 6.90. The van der Waals surface area contributed by atoms with Gasteiger partial charge >= 0.3 is 0 Å². The van der Waals surface area contributed by atoms with Crippen molar-refractivity contribution >= 4 is 39.1 Å². The SMILES string of the molecule is C=C(N=C(N=C(C)c1ccccc1)c1ccc(-c2ccccc2)cc1)c1ccc2c3ccc(-c4ccccc4)cc3n(-c3ccc(-c4ccccc4)cc3)c2c1. The third-order valence-electron chi connectivity index (χ3n) is 10.4. The van der Waals surface area contributed by atoms with Crippen molar-refractivity contribution in [3.63, 3.8) is 0 Å². The van der Waals surface area contributed by atoms with E-state index in [2.05, 4.69) is 193 Å². The molecule has 3 nitrogen and oxygen atoms in total. The Morgan fingerprint density at radius 3 is 1.39 bits per heavy atom. The fraction of sp³-hybridized carbons (Fsp3) is 0.0189. The molecule has 8 aromatic carbocycles. The highest BCUT2D eigenvalue weighted by Gasteiger charge is 2.16. The van der Waals surface area contributed by atoms with Crippen LogP contribution in [0.15, 0.2) is 223 Å². The first kappa shape index (κ1) is 34.4. The largest absolute Gasteiger partial charge is 0.309 e. The molecule has 0 bridgehead atoms. The lowest BCUT2D eigenvalue weighted by molar-refractivity contribution is 1.18. The maximum atomic E-state index is 5.17. The van der Waals surface area contributed by atoms with Crippen LogP contribution in [0.4, 0.5) is 0 Å². The van der Waals surface area contributed by atoms with Crippen LogP contribution in [0.5, 0.6) is 0 Å². The maximum Gasteiger partial charge on any atom is 0.160 e. The average molecular weight is 718 g/mol. The molecule has 1 aromatic heterocycles. The Bertz CT molecular complexity index is 2870. The fourth-order valence-electron chi connectivity index (χ4n) is 7.41. The standard InChI is InChI=1S/C53H39N3/c1-37(39-15-7-3-8-16-39)54-53(45-25-23-43(24-26-45)40-17-9-4-10-18-40)55-38(2)46-29-33-49-50-34-30-47(42-21-13-6-14-22-42)36-52(50)56(51(49)35-46)48-31-27-44(28-32-48)41-19-11-5-12-20-41/h3-36H,2H2,1H3. The molecule has 0 saturated carbocycles. The van der Waals surface area contributed by atoms with Crippen LogP contribution in [0.3, 0.4) is 0 Å². The number of fused-ring (bicyclic) bond motifs is 3. The van der Waals surface area contributed by atoms with E-state index >= 15 is 0 Å². The second-order valence-corrected chi connectivity index (χ2v) is 14.0. The fourth-order valence-corrected chi connectivity index (χ4v) is 7.41. The monoisotopic (exact) mass is 717 g/mol. The number of aliphatic imine (C=N–C) groups is 2. The van der Waals surface area contributed by atoms with Gasteiger partial charge in [-0.05, 0) is 70.1 Å².